The number of nitrogens with one attached hydrogen (secondary N) is 1. The molecule has 1 aromatic carbocycles. The van der Waals surface area contributed by atoms with E-state index in [1.54, 1.807) is 24.5 Å². The van der Waals surface area contributed by atoms with Crippen LogP contribution in [0.25, 0.3) is 11.3 Å². The Morgan fingerprint density at radius 1 is 1.42 bits per heavy atom. The van der Waals surface area contributed by atoms with E-state index in [0.717, 1.165) is 15.6 Å². The number of methoxy groups -OCH3 is 1. The quantitative estimate of drug-likeness (QED) is 0.930. The highest BCUT2D eigenvalue weighted by atomic mass is 32.1. The van der Waals surface area contributed by atoms with Crippen molar-refractivity contribution in [1.82, 2.24) is 10.3 Å². The van der Waals surface area contributed by atoms with Gasteiger partial charge < -0.3 is 10.1 Å². The number of benzene rings is 1. The van der Waals surface area contributed by atoms with Gasteiger partial charge in [0.25, 0.3) is 0 Å². The zero-order valence-electron chi connectivity index (χ0n) is 11.5. The van der Waals surface area contributed by atoms with Gasteiger partial charge in [0.15, 0.2) is 0 Å². The Bertz CT molecular complexity index is 583. The molecule has 1 unspecified atom stereocenters. The van der Waals surface area contributed by atoms with Crippen molar-refractivity contribution in [3.8, 4) is 17.0 Å². The van der Waals surface area contributed by atoms with E-state index in [-0.39, 0.29) is 11.9 Å². The van der Waals surface area contributed by atoms with Gasteiger partial charge in [0.2, 0.25) is 0 Å². The second-order valence-corrected chi connectivity index (χ2v) is 5.54. The predicted molar refractivity (Wildman–Crippen MR) is 76.3 cm³/mol. The lowest BCUT2D eigenvalue weighted by Gasteiger charge is -2.12. The SMILES string of the molecule is CNC(C)c1sc(C)nc1-c1cc(F)ccc1OC. The first-order chi connectivity index (χ1) is 9.06. The summed E-state index contributed by atoms with van der Waals surface area (Å²) in [5.41, 5.74) is 1.49. The molecule has 19 heavy (non-hydrogen) atoms. The molecule has 3 nitrogen and oxygen atoms in total. The van der Waals surface area contributed by atoms with Crippen molar-refractivity contribution in [1.29, 1.82) is 0 Å². The monoisotopic (exact) mass is 280 g/mol. The lowest BCUT2D eigenvalue weighted by molar-refractivity contribution is 0.415. The van der Waals surface area contributed by atoms with E-state index in [4.69, 9.17) is 4.74 Å². The molecule has 0 fully saturated rings. The average molecular weight is 280 g/mol. The Labute approximate surface area is 116 Å². The number of hydrogen-bond acceptors (Lipinski definition) is 4. The van der Waals surface area contributed by atoms with E-state index in [0.29, 0.717) is 11.3 Å². The summed E-state index contributed by atoms with van der Waals surface area (Å²) in [7, 11) is 3.48. The van der Waals surface area contributed by atoms with Crippen LogP contribution in [0.1, 0.15) is 22.9 Å². The minimum absolute atomic E-state index is 0.161. The number of aromatic nitrogens is 1. The second-order valence-electron chi connectivity index (χ2n) is 4.30. The van der Waals surface area contributed by atoms with Crippen LogP contribution in [0.15, 0.2) is 18.2 Å². The van der Waals surface area contributed by atoms with Gasteiger partial charge in [-0.2, -0.15) is 0 Å². The van der Waals surface area contributed by atoms with Crippen molar-refractivity contribution in [2.75, 3.05) is 14.2 Å². The van der Waals surface area contributed by atoms with Gasteiger partial charge >= 0.3 is 0 Å². The van der Waals surface area contributed by atoms with Crippen LogP contribution < -0.4 is 10.1 Å². The molecule has 5 heteroatoms. The van der Waals surface area contributed by atoms with E-state index < -0.39 is 0 Å². The third-order valence-corrected chi connectivity index (χ3v) is 4.16. The van der Waals surface area contributed by atoms with E-state index >= 15 is 0 Å². The molecule has 2 rings (SSSR count). The van der Waals surface area contributed by atoms with Gasteiger partial charge in [-0.15, -0.1) is 11.3 Å². The molecule has 1 atom stereocenters. The minimum atomic E-state index is -0.287. The molecule has 0 saturated heterocycles. The van der Waals surface area contributed by atoms with Gasteiger partial charge in [-0.3, -0.25) is 0 Å². The standard InChI is InChI=1S/C14H17FN2OS/c1-8(16-3)14-13(17-9(2)19-14)11-7-10(15)5-6-12(11)18-4/h5-8,16H,1-4H3. The van der Waals surface area contributed by atoms with E-state index in [1.807, 2.05) is 14.0 Å². The van der Waals surface area contributed by atoms with Crippen LogP contribution in [0.5, 0.6) is 5.75 Å². The molecule has 0 radical (unpaired) electrons. The van der Waals surface area contributed by atoms with Crippen molar-refractivity contribution in [2.45, 2.75) is 19.9 Å². The summed E-state index contributed by atoms with van der Waals surface area (Å²) < 4.78 is 18.8. The first-order valence-electron chi connectivity index (χ1n) is 6.05. The fourth-order valence-electron chi connectivity index (χ4n) is 1.93. The summed E-state index contributed by atoms with van der Waals surface area (Å²) in [6.07, 6.45) is 0. The number of hydrogen-bond donors (Lipinski definition) is 1. The Hall–Kier alpha value is -1.46. The lowest BCUT2D eigenvalue weighted by atomic mass is 10.1. The Kier molecular flexibility index (Phi) is 4.17. The van der Waals surface area contributed by atoms with Gasteiger partial charge in [0.1, 0.15) is 11.6 Å². The van der Waals surface area contributed by atoms with Crippen molar-refractivity contribution >= 4 is 11.3 Å². The summed E-state index contributed by atoms with van der Waals surface area (Å²) in [6.45, 7) is 4.01. The molecular formula is C14H17FN2OS. The van der Waals surface area contributed by atoms with Crippen molar-refractivity contribution < 1.29 is 9.13 Å². The molecule has 0 bridgehead atoms. The van der Waals surface area contributed by atoms with E-state index in [2.05, 4.69) is 17.2 Å². The molecule has 0 saturated carbocycles. The smallest absolute Gasteiger partial charge is 0.128 e. The maximum atomic E-state index is 13.5. The fraction of sp³-hybridized carbons (Fsp3) is 0.357. The molecule has 0 amide bonds. The second kappa shape index (κ2) is 5.67. The van der Waals surface area contributed by atoms with Crippen LogP contribution >= 0.6 is 11.3 Å². The van der Waals surface area contributed by atoms with Crippen LogP contribution in [0, 0.1) is 12.7 Å². The number of aryl methyl sites for hydroxylation is 1. The van der Waals surface area contributed by atoms with Crippen LogP contribution in [0.3, 0.4) is 0 Å². The molecule has 0 aliphatic rings. The maximum absolute atomic E-state index is 13.5. The molecule has 0 aliphatic heterocycles. The van der Waals surface area contributed by atoms with Crippen LogP contribution in [0.4, 0.5) is 4.39 Å². The van der Waals surface area contributed by atoms with Crippen molar-refractivity contribution in [3.63, 3.8) is 0 Å². The number of thiazole rings is 1. The number of rotatable bonds is 4. The van der Waals surface area contributed by atoms with Gasteiger partial charge in [-0.25, -0.2) is 9.37 Å². The Morgan fingerprint density at radius 3 is 2.79 bits per heavy atom. The zero-order valence-corrected chi connectivity index (χ0v) is 12.3. The number of nitrogens with zero attached hydrogens (tertiary/aromatic N) is 1. The molecular weight excluding hydrogens is 263 g/mol. The summed E-state index contributed by atoms with van der Waals surface area (Å²) >= 11 is 1.62. The summed E-state index contributed by atoms with van der Waals surface area (Å²) in [4.78, 5) is 5.62. The van der Waals surface area contributed by atoms with Crippen molar-refractivity contribution in [3.05, 3.63) is 33.9 Å². The zero-order chi connectivity index (χ0) is 14.0. The Morgan fingerprint density at radius 2 is 2.16 bits per heavy atom. The number of halogens is 1. The largest absolute Gasteiger partial charge is 0.496 e. The fourth-order valence-corrected chi connectivity index (χ4v) is 2.93. The third kappa shape index (κ3) is 2.77. The lowest BCUT2D eigenvalue weighted by Crippen LogP contribution is -2.11. The molecule has 2 aromatic rings. The molecule has 0 spiro atoms. The summed E-state index contributed by atoms with van der Waals surface area (Å²) in [5.74, 6) is 0.348. The molecule has 1 heterocycles. The number of ether oxygens (including phenoxy) is 1. The van der Waals surface area contributed by atoms with E-state index in [9.17, 15) is 4.39 Å². The van der Waals surface area contributed by atoms with Gasteiger partial charge in [-0.05, 0) is 39.1 Å². The molecule has 0 aliphatic carbocycles. The normalized spacial score (nSPS) is 12.5. The summed E-state index contributed by atoms with van der Waals surface area (Å²) in [6, 6.07) is 4.66. The highest BCUT2D eigenvalue weighted by molar-refractivity contribution is 7.12. The highest BCUT2D eigenvalue weighted by Gasteiger charge is 2.19. The molecule has 102 valence electrons. The topological polar surface area (TPSA) is 34.2 Å². The van der Waals surface area contributed by atoms with Gasteiger partial charge in [0, 0.05) is 16.5 Å². The maximum Gasteiger partial charge on any atom is 0.128 e. The molecule has 1 N–H and O–H groups in total. The highest BCUT2D eigenvalue weighted by Crippen LogP contribution is 2.37. The van der Waals surface area contributed by atoms with Crippen LogP contribution in [-0.2, 0) is 0 Å². The van der Waals surface area contributed by atoms with Gasteiger partial charge in [0.05, 0.1) is 17.8 Å². The first-order valence-corrected chi connectivity index (χ1v) is 6.87. The molecule has 1 aromatic heterocycles. The van der Waals surface area contributed by atoms with Crippen molar-refractivity contribution in [2.24, 2.45) is 0 Å². The Balaban J connectivity index is 2.61. The predicted octanol–water partition coefficient (Wildman–Crippen LogP) is 3.55. The third-order valence-electron chi connectivity index (χ3n) is 3.00. The summed E-state index contributed by atoms with van der Waals surface area (Å²) in [5, 5.41) is 4.15. The van der Waals surface area contributed by atoms with Crippen LogP contribution in [-0.4, -0.2) is 19.1 Å². The average Bonchev–Trinajstić information content (AvgIpc) is 2.79. The first kappa shape index (κ1) is 14.0. The van der Waals surface area contributed by atoms with E-state index in [1.165, 1.54) is 12.1 Å². The van der Waals surface area contributed by atoms with Gasteiger partial charge in [-0.1, -0.05) is 0 Å². The van der Waals surface area contributed by atoms with Crippen LogP contribution in [0.2, 0.25) is 0 Å². The minimum Gasteiger partial charge on any atom is -0.496 e.